The van der Waals surface area contributed by atoms with Crippen LogP contribution in [0, 0.1) is 0 Å². The van der Waals surface area contributed by atoms with E-state index in [0.29, 0.717) is 11.8 Å². The van der Waals surface area contributed by atoms with Crippen molar-refractivity contribution in [2.75, 3.05) is 32.1 Å². The van der Waals surface area contributed by atoms with Gasteiger partial charge in [-0.15, -0.1) is 0 Å². The van der Waals surface area contributed by atoms with Gasteiger partial charge in [0, 0.05) is 18.2 Å². The van der Waals surface area contributed by atoms with Gasteiger partial charge >= 0.3 is 0 Å². The Morgan fingerprint density at radius 1 is 1.19 bits per heavy atom. The molecule has 1 N–H and O–H groups in total. The Hall–Kier alpha value is -1.34. The van der Waals surface area contributed by atoms with E-state index in [1.807, 2.05) is 24.3 Å². The van der Waals surface area contributed by atoms with Crippen molar-refractivity contribution in [1.29, 1.82) is 0 Å². The predicted octanol–water partition coefficient (Wildman–Crippen LogP) is 4.27. The topological polar surface area (TPSA) is 63.2 Å². The van der Waals surface area contributed by atoms with Gasteiger partial charge in [0.05, 0.1) is 7.11 Å². The minimum Gasteiger partial charge on any atom is -0.497 e. The Labute approximate surface area is 174 Å². The molecule has 9 heteroatoms. The van der Waals surface area contributed by atoms with Crippen LogP contribution in [-0.2, 0) is 3.79 Å². The number of hydrogen-bond donors (Lipinski definition) is 1. The number of alkyl halides is 3. The molecule has 0 spiro atoms. The molecule has 1 fully saturated rings. The van der Waals surface area contributed by atoms with Crippen molar-refractivity contribution < 1.29 is 4.74 Å². The molecule has 6 nitrogen and oxygen atoms in total. The molecule has 0 saturated carbocycles. The first-order chi connectivity index (χ1) is 12.9. The summed E-state index contributed by atoms with van der Waals surface area (Å²) in [5, 5.41) is 3.39. The second kappa shape index (κ2) is 8.78. The Balaban J connectivity index is 1.90. The summed E-state index contributed by atoms with van der Waals surface area (Å²) >= 11 is 18.1. The largest absolute Gasteiger partial charge is 0.497 e. The van der Waals surface area contributed by atoms with Crippen LogP contribution < -0.4 is 10.1 Å². The van der Waals surface area contributed by atoms with Gasteiger partial charge in [0.2, 0.25) is 9.74 Å². The lowest BCUT2D eigenvalue weighted by molar-refractivity contribution is 0.226. The molecule has 0 amide bonds. The number of nitrogens with one attached hydrogen (secondary N) is 1. The van der Waals surface area contributed by atoms with Crippen molar-refractivity contribution >= 4 is 40.8 Å². The summed E-state index contributed by atoms with van der Waals surface area (Å²) in [5.74, 6) is 1.70. The standard InChI is InChI=1S/C18H22Cl3N5O/c1-3-26-10-4-5-13(11-26)22-17-24-15(23-16(25-17)18(19,20)21)12-6-8-14(27-2)9-7-12/h6-9,13H,3-5,10-11H2,1-2H3,(H,22,23,24,25). The fourth-order valence-corrected chi connectivity index (χ4v) is 3.33. The summed E-state index contributed by atoms with van der Waals surface area (Å²) in [7, 11) is 1.62. The molecule has 0 aliphatic carbocycles. The molecule has 1 saturated heterocycles. The Kier molecular flexibility index (Phi) is 6.63. The van der Waals surface area contributed by atoms with Crippen molar-refractivity contribution in [2.45, 2.75) is 29.6 Å². The molecule has 2 heterocycles. The lowest BCUT2D eigenvalue weighted by Crippen LogP contribution is -2.42. The summed E-state index contributed by atoms with van der Waals surface area (Å²) in [6, 6.07) is 7.63. The van der Waals surface area contributed by atoms with Gasteiger partial charge in [0.15, 0.2) is 11.6 Å². The summed E-state index contributed by atoms with van der Waals surface area (Å²) in [5.41, 5.74) is 0.788. The number of rotatable bonds is 5. The van der Waals surface area contributed by atoms with E-state index in [1.54, 1.807) is 7.11 Å². The van der Waals surface area contributed by atoms with E-state index >= 15 is 0 Å². The highest BCUT2D eigenvalue weighted by molar-refractivity contribution is 6.66. The normalized spacial score (nSPS) is 18.3. The second-order valence-corrected chi connectivity index (χ2v) is 8.69. The van der Waals surface area contributed by atoms with Crippen molar-refractivity contribution in [3.8, 4) is 17.1 Å². The van der Waals surface area contributed by atoms with Crippen molar-refractivity contribution in [3.63, 3.8) is 0 Å². The monoisotopic (exact) mass is 429 g/mol. The van der Waals surface area contributed by atoms with Gasteiger partial charge in [-0.1, -0.05) is 41.7 Å². The first-order valence-corrected chi connectivity index (χ1v) is 9.99. The number of likely N-dealkylation sites (tertiary alicyclic amines) is 1. The van der Waals surface area contributed by atoms with Crippen molar-refractivity contribution in [2.24, 2.45) is 0 Å². The molecule has 3 rings (SSSR count). The zero-order chi connectivity index (χ0) is 19.4. The minimum absolute atomic E-state index is 0.0963. The molecule has 27 heavy (non-hydrogen) atoms. The molecule has 1 aromatic heterocycles. The van der Waals surface area contributed by atoms with Crippen molar-refractivity contribution in [3.05, 3.63) is 30.1 Å². The van der Waals surface area contributed by atoms with E-state index in [9.17, 15) is 0 Å². The summed E-state index contributed by atoms with van der Waals surface area (Å²) in [6.45, 7) is 5.23. The molecule has 0 radical (unpaired) electrons. The summed E-state index contributed by atoms with van der Waals surface area (Å²) in [6.07, 6.45) is 2.17. The first kappa shape index (κ1) is 20.4. The second-order valence-electron chi connectivity index (χ2n) is 6.41. The zero-order valence-corrected chi connectivity index (χ0v) is 17.5. The molecule has 1 unspecified atom stereocenters. The fourth-order valence-electron chi connectivity index (χ4n) is 3.08. The molecule has 1 aliphatic rings. The van der Waals surface area contributed by atoms with E-state index in [0.717, 1.165) is 43.8 Å². The highest BCUT2D eigenvalue weighted by Gasteiger charge is 2.29. The predicted molar refractivity (Wildman–Crippen MR) is 110 cm³/mol. The molecule has 1 atom stereocenters. The van der Waals surface area contributed by atoms with E-state index in [-0.39, 0.29) is 11.9 Å². The number of hydrogen-bond acceptors (Lipinski definition) is 6. The maximum Gasteiger partial charge on any atom is 0.250 e. The number of aromatic nitrogens is 3. The molecule has 1 aromatic carbocycles. The quantitative estimate of drug-likeness (QED) is 0.715. The van der Waals surface area contributed by atoms with E-state index in [4.69, 9.17) is 39.5 Å². The molecular formula is C18H22Cl3N5O. The van der Waals surface area contributed by atoms with Crippen LogP contribution in [0.3, 0.4) is 0 Å². The average molecular weight is 431 g/mol. The minimum atomic E-state index is -1.73. The number of anilines is 1. The van der Waals surface area contributed by atoms with E-state index < -0.39 is 3.79 Å². The molecule has 1 aliphatic heterocycles. The zero-order valence-electron chi connectivity index (χ0n) is 15.3. The molecule has 146 valence electrons. The number of halogens is 3. The Bertz CT molecular complexity index is 767. The van der Waals surface area contributed by atoms with Crippen LogP contribution in [0.5, 0.6) is 5.75 Å². The van der Waals surface area contributed by atoms with Crippen LogP contribution in [0.4, 0.5) is 5.95 Å². The Morgan fingerprint density at radius 2 is 1.93 bits per heavy atom. The highest BCUT2D eigenvalue weighted by atomic mass is 35.6. The summed E-state index contributed by atoms with van der Waals surface area (Å²) < 4.78 is 3.46. The number of methoxy groups -OCH3 is 1. The number of benzene rings is 1. The van der Waals surface area contributed by atoms with Gasteiger partial charge in [-0.25, -0.2) is 4.98 Å². The van der Waals surface area contributed by atoms with Gasteiger partial charge < -0.3 is 15.0 Å². The van der Waals surface area contributed by atoms with Crippen LogP contribution in [0.2, 0.25) is 0 Å². The van der Waals surface area contributed by atoms with Crippen LogP contribution in [0.1, 0.15) is 25.6 Å². The first-order valence-electron chi connectivity index (χ1n) is 8.85. The number of likely N-dealkylation sites (N-methyl/N-ethyl adjacent to an activating group) is 1. The van der Waals surface area contributed by atoms with Crippen molar-refractivity contribution in [1.82, 2.24) is 19.9 Å². The van der Waals surface area contributed by atoms with Gasteiger partial charge in [0.1, 0.15) is 5.75 Å². The maximum atomic E-state index is 6.05. The van der Waals surface area contributed by atoms with Crippen LogP contribution in [-0.4, -0.2) is 52.6 Å². The molecule has 0 bridgehead atoms. The van der Waals surface area contributed by atoms with Gasteiger partial charge in [-0.3, -0.25) is 0 Å². The smallest absolute Gasteiger partial charge is 0.250 e. The SMILES string of the molecule is CCN1CCCC(Nc2nc(-c3ccc(OC)cc3)nc(C(Cl)(Cl)Cl)n2)C1. The average Bonchev–Trinajstić information content (AvgIpc) is 2.67. The van der Waals surface area contributed by atoms with E-state index in [2.05, 4.69) is 32.1 Å². The molecular weight excluding hydrogens is 409 g/mol. The van der Waals surface area contributed by atoms with Gasteiger partial charge in [-0.05, 0) is 50.2 Å². The van der Waals surface area contributed by atoms with E-state index in [1.165, 1.54) is 0 Å². The van der Waals surface area contributed by atoms with Crippen LogP contribution >= 0.6 is 34.8 Å². The van der Waals surface area contributed by atoms with Crippen LogP contribution in [0.25, 0.3) is 11.4 Å². The number of ether oxygens (including phenoxy) is 1. The lowest BCUT2D eigenvalue weighted by atomic mass is 10.1. The summed E-state index contributed by atoms with van der Waals surface area (Å²) in [4.78, 5) is 15.6. The number of piperidine rings is 1. The van der Waals surface area contributed by atoms with Crippen LogP contribution in [0.15, 0.2) is 24.3 Å². The maximum absolute atomic E-state index is 6.05. The third-order valence-electron chi connectivity index (χ3n) is 4.52. The third-order valence-corrected chi connectivity index (χ3v) is 5.03. The molecule has 2 aromatic rings. The number of nitrogens with zero attached hydrogens (tertiary/aromatic N) is 4. The lowest BCUT2D eigenvalue weighted by Gasteiger charge is -2.32. The Morgan fingerprint density at radius 3 is 2.56 bits per heavy atom. The highest BCUT2D eigenvalue weighted by Crippen LogP contribution is 2.37. The van der Waals surface area contributed by atoms with Gasteiger partial charge in [0.25, 0.3) is 0 Å². The third kappa shape index (κ3) is 5.35. The fraction of sp³-hybridized carbons (Fsp3) is 0.500. The van der Waals surface area contributed by atoms with Gasteiger partial charge in [-0.2, -0.15) is 9.97 Å².